The van der Waals surface area contributed by atoms with Crippen molar-refractivity contribution in [2.75, 3.05) is 0 Å². The summed E-state index contributed by atoms with van der Waals surface area (Å²) in [5.41, 5.74) is -1.30. The number of ether oxygens (including phenoxy) is 1. The van der Waals surface area contributed by atoms with Crippen molar-refractivity contribution in [1.82, 2.24) is 0 Å². The van der Waals surface area contributed by atoms with Gasteiger partial charge in [-0.1, -0.05) is 6.92 Å². The van der Waals surface area contributed by atoms with Gasteiger partial charge in [0.05, 0.1) is 23.3 Å². The second-order valence-electron chi connectivity index (χ2n) is 5.32. The summed E-state index contributed by atoms with van der Waals surface area (Å²) in [6.07, 6.45) is -0.767. The molecule has 108 valence electrons. The number of hydrogen-bond acceptors (Lipinski definition) is 2. The van der Waals surface area contributed by atoms with Crippen LogP contribution in [0.1, 0.15) is 43.7 Å². The minimum absolute atomic E-state index is 0.0276. The van der Waals surface area contributed by atoms with E-state index in [1.165, 1.54) is 12.1 Å². The molecule has 0 unspecified atom stereocenters. The molecule has 2 rings (SSSR count). The second-order valence-corrected chi connectivity index (χ2v) is 5.32. The molecule has 1 aromatic rings. The number of nitriles is 1. The highest BCUT2D eigenvalue weighted by Gasteiger charge is 2.34. The highest BCUT2D eigenvalue weighted by Crippen LogP contribution is 2.35. The molecule has 5 heteroatoms. The molecule has 0 aliphatic heterocycles. The van der Waals surface area contributed by atoms with Crippen molar-refractivity contribution in [1.29, 1.82) is 5.26 Å². The van der Waals surface area contributed by atoms with Gasteiger partial charge in [0.2, 0.25) is 0 Å². The molecule has 0 amide bonds. The van der Waals surface area contributed by atoms with Crippen molar-refractivity contribution in [2.24, 2.45) is 5.92 Å². The van der Waals surface area contributed by atoms with Gasteiger partial charge in [0.25, 0.3) is 0 Å². The molecule has 1 saturated carbocycles. The van der Waals surface area contributed by atoms with Crippen molar-refractivity contribution in [3.63, 3.8) is 0 Å². The third-order valence-electron chi connectivity index (χ3n) is 3.68. The van der Waals surface area contributed by atoms with Crippen molar-refractivity contribution in [3.8, 4) is 11.8 Å². The largest absolute Gasteiger partial charge is 0.490 e. The zero-order valence-corrected chi connectivity index (χ0v) is 11.2. The van der Waals surface area contributed by atoms with Crippen molar-refractivity contribution >= 4 is 0 Å². The molecule has 0 N–H and O–H groups in total. The van der Waals surface area contributed by atoms with E-state index in [4.69, 9.17) is 10.00 Å². The molecular formula is C15H16F3NO. The summed E-state index contributed by atoms with van der Waals surface area (Å²) >= 11 is 0. The lowest BCUT2D eigenvalue weighted by molar-refractivity contribution is -0.137. The van der Waals surface area contributed by atoms with Crippen LogP contribution in [0.2, 0.25) is 0 Å². The first-order chi connectivity index (χ1) is 9.40. The van der Waals surface area contributed by atoms with Gasteiger partial charge in [-0.15, -0.1) is 0 Å². The lowest BCUT2D eigenvalue weighted by atomic mass is 9.89. The van der Waals surface area contributed by atoms with Gasteiger partial charge in [-0.2, -0.15) is 18.4 Å². The topological polar surface area (TPSA) is 33.0 Å². The third kappa shape index (κ3) is 3.44. The zero-order valence-electron chi connectivity index (χ0n) is 11.2. The first kappa shape index (κ1) is 14.7. The number of rotatable bonds is 2. The maximum Gasteiger partial charge on any atom is 0.417 e. The molecule has 0 saturated heterocycles. The minimum atomic E-state index is -4.54. The second kappa shape index (κ2) is 5.74. The summed E-state index contributed by atoms with van der Waals surface area (Å²) in [5.74, 6) is 0.845. The third-order valence-corrected chi connectivity index (χ3v) is 3.68. The Bertz CT molecular complexity index is 511. The molecule has 0 heterocycles. The van der Waals surface area contributed by atoms with Crippen LogP contribution in [-0.2, 0) is 6.18 Å². The molecule has 0 spiro atoms. The standard InChI is InChI=1S/C15H16F3NO/c1-10-2-5-12(6-3-10)20-13-7-4-11(9-19)14(8-13)15(16,17)18/h4,7-8,10,12H,2-3,5-6H2,1H3/t10-,12-. The molecule has 1 fully saturated rings. The molecule has 20 heavy (non-hydrogen) atoms. The van der Waals surface area contributed by atoms with Crippen LogP contribution in [0, 0.1) is 17.2 Å². The Balaban J connectivity index is 2.15. The van der Waals surface area contributed by atoms with Gasteiger partial charge < -0.3 is 4.74 Å². The van der Waals surface area contributed by atoms with E-state index in [1.807, 2.05) is 0 Å². The maximum absolute atomic E-state index is 12.8. The fraction of sp³-hybridized carbons (Fsp3) is 0.533. The smallest absolute Gasteiger partial charge is 0.417 e. The Morgan fingerprint density at radius 2 is 1.85 bits per heavy atom. The Morgan fingerprint density at radius 1 is 1.20 bits per heavy atom. The Labute approximate surface area is 116 Å². The van der Waals surface area contributed by atoms with Gasteiger partial charge >= 0.3 is 6.18 Å². The summed E-state index contributed by atoms with van der Waals surface area (Å²) < 4.78 is 44.1. The fourth-order valence-electron chi connectivity index (χ4n) is 2.47. The average Bonchev–Trinajstić information content (AvgIpc) is 2.40. The highest BCUT2D eigenvalue weighted by molar-refractivity contribution is 5.44. The SMILES string of the molecule is C[C@H]1CC[C@H](Oc2ccc(C#N)c(C(F)(F)F)c2)CC1. The fourth-order valence-corrected chi connectivity index (χ4v) is 2.47. The lowest BCUT2D eigenvalue weighted by Crippen LogP contribution is -2.23. The van der Waals surface area contributed by atoms with E-state index in [-0.39, 0.29) is 17.4 Å². The molecular weight excluding hydrogens is 267 g/mol. The molecule has 1 aromatic carbocycles. The van der Waals surface area contributed by atoms with Crippen molar-refractivity contribution in [3.05, 3.63) is 29.3 Å². The molecule has 0 atom stereocenters. The molecule has 0 aromatic heterocycles. The lowest BCUT2D eigenvalue weighted by Gasteiger charge is -2.27. The molecule has 0 radical (unpaired) electrons. The van der Waals surface area contributed by atoms with E-state index >= 15 is 0 Å². The van der Waals surface area contributed by atoms with Gasteiger partial charge in [-0.05, 0) is 49.8 Å². The van der Waals surface area contributed by atoms with E-state index in [0.29, 0.717) is 5.92 Å². The monoisotopic (exact) mass is 283 g/mol. The average molecular weight is 283 g/mol. The first-order valence-electron chi connectivity index (χ1n) is 6.68. The Hall–Kier alpha value is -1.70. The van der Waals surface area contributed by atoms with Crippen LogP contribution in [0.5, 0.6) is 5.75 Å². The van der Waals surface area contributed by atoms with Gasteiger partial charge in [0.15, 0.2) is 0 Å². The highest BCUT2D eigenvalue weighted by atomic mass is 19.4. The van der Waals surface area contributed by atoms with E-state index in [9.17, 15) is 13.2 Å². The van der Waals surface area contributed by atoms with E-state index in [2.05, 4.69) is 6.92 Å². The Kier molecular flexibility index (Phi) is 4.22. The number of hydrogen-bond donors (Lipinski definition) is 0. The van der Waals surface area contributed by atoms with Gasteiger partial charge in [0.1, 0.15) is 5.75 Å². The first-order valence-corrected chi connectivity index (χ1v) is 6.68. The van der Waals surface area contributed by atoms with E-state index in [0.717, 1.165) is 31.7 Å². The van der Waals surface area contributed by atoms with Crippen LogP contribution in [0.3, 0.4) is 0 Å². The summed E-state index contributed by atoms with van der Waals surface area (Å²) in [4.78, 5) is 0. The Morgan fingerprint density at radius 3 is 2.40 bits per heavy atom. The predicted octanol–water partition coefficient (Wildman–Crippen LogP) is 4.53. The normalized spacial score (nSPS) is 23.1. The van der Waals surface area contributed by atoms with Gasteiger partial charge in [-0.3, -0.25) is 0 Å². The number of halogens is 3. The van der Waals surface area contributed by atoms with E-state index in [1.54, 1.807) is 6.07 Å². The van der Waals surface area contributed by atoms with Gasteiger partial charge in [-0.25, -0.2) is 0 Å². The summed E-state index contributed by atoms with van der Waals surface area (Å²) in [5, 5.41) is 8.73. The van der Waals surface area contributed by atoms with E-state index < -0.39 is 11.7 Å². The minimum Gasteiger partial charge on any atom is -0.490 e. The molecule has 2 nitrogen and oxygen atoms in total. The maximum atomic E-state index is 12.8. The number of alkyl halides is 3. The van der Waals surface area contributed by atoms with Crippen molar-refractivity contribution in [2.45, 2.75) is 44.9 Å². The van der Waals surface area contributed by atoms with Crippen LogP contribution in [-0.4, -0.2) is 6.10 Å². The summed E-state index contributed by atoms with van der Waals surface area (Å²) in [6, 6.07) is 5.10. The predicted molar refractivity (Wildman–Crippen MR) is 68.2 cm³/mol. The van der Waals surface area contributed by atoms with Gasteiger partial charge in [0, 0.05) is 0 Å². The number of benzene rings is 1. The number of nitrogens with zero attached hydrogens (tertiary/aromatic N) is 1. The van der Waals surface area contributed by atoms with Crippen LogP contribution in [0.15, 0.2) is 18.2 Å². The molecule has 1 aliphatic rings. The van der Waals surface area contributed by atoms with Crippen LogP contribution in [0.4, 0.5) is 13.2 Å². The van der Waals surface area contributed by atoms with Crippen LogP contribution < -0.4 is 4.74 Å². The van der Waals surface area contributed by atoms with Crippen LogP contribution >= 0.6 is 0 Å². The summed E-state index contributed by atoms with van der Waals surface area (Å²) in [7, 11) is 0. The van der Waals surface area contributed by atoms with Crippen LogP contribution in [0.25, 0.3) is 0 Å². The zero-order chi connectivity index (χ0) is 14.8. The van der Waals surface area contributed by atoms with Crippen molar-refractivity contribution < 1.29 is 17.9 Å². The molecule has 1 aliphatic carbocycles. The molecule has 0 bridgehead atoms. The summed E-state index contributed by atoms with van der Waals surface area (Å²) in [6.45, 7) is 2.17. The quantitative estimate of drug-likeness (QED) is 0.798.